The summed E-state index contributed by atoms with van der Waals surface area (Å²) in [5, 5.41) is 22.7. The zero-order chi connectivity index (χ0) is 18.8. The lowest BCUT2D eigenvalue weighted by Crippen LogP contribution is -2.47. The van der Waals surface area contributed by atoms with Gasteiger partial charge in [-0.25, -0.2) is 8.42 Å². The molecule has 0 saturated carbocycles. The summed E-state index contributed by atoms with van der Waals surface area (Å²) in [7, 11) is -1.96. The second-order valence-corrected chi connectivity index (χ2v) is 7.79. The molecule has 25 heavy (non-hydrogen) atoms. The first-order chi connectivity index (χ1) is 11.6. The number of carboxylic acids is 1. The number of hydrogen-bond donors (Lipinski definition) is 2. The minimum Gasteiger partial charge on any atom is -0.480 e. The molecule has 1 aliphatic heterocycles. The highest BCUT2D eigenvalue weighted by atomic mass is 32.2. The lowest BCUT2D eigenvalue weighted by atomic mass is 10.2. The third-order valence-corrected chi connectivity index (χ3v) is 5.90. The van der Waals surface area contributed by atoms with E-state index in [1.54, 1.807) is 0 Å². The van der Waals surface area contributed by atoms with Crippen LogP contribution in [0.5, 0.6) is 0 Å². The Morgan fingerprint density at radius 1 is 1.32 bits per heavy atom. The van der Waals surface area contributed by atoms with Crippen LogP contribution in [0.15, 0.2) is 23.1 Å². The van der Waals surface area contributed by atoms with Gasteiger partial charge < -0.3 is 15.3 Å². The fourth-order valence-corrected chi connectivity index (χ4v) is 3.86. The summed E-state index contributed by atoms with van der Waals surface area (Å²) in [6.07, 6.45) is 0. The van der Waals surface area contributed by atoms with Gasteiger partial charge in [0.25, 0.3) is 5.69 Å². The monoisotopic (exact) mass is 372 g/mol. The number of hydrogen-bond acceptors (Lipinski definition) is 7. The number of nitro benzene ring substituents is 1. The Labute approximate surface area is 145 Å². The van der Waals surface area contributed by atoms with Crippen molar-refractivity contribution in [1.82, 2.24) is 9.21 Å². The number of anilines is 1. The predicted octanol–water partition coefficient (Wildman–Crippen LogP) is 0.416. The van der Waals surface area contributed by atoms with Crippen LogP contribution in [0.1, 0.15) is 6.92 Å². The zero-order valence-electron chi connectivity index (χ0n) is 13.9. The number of sulfonamides is 1. The molecule has 138 valence electrons. The normalized spacial score (nSPS) is 17.8. The average Bonchev–Trinajstić information content (AvgIpc) is 2.55. The number of likely N-dealkylation sites (N-methyl/N-ethyl adjacent to an activating group) is 1. The van der Waals surface area contributed by atoms with Crippen molar-refractivity contribution < 1.29 is 23.2 Å². The van der Waals surface area contributed by atoms with Crippen LogP contribution in [0.4, 0.5) is 11.4 Å². The Kier molecular flexibility index (Phi) is 5.60. The molecule has 2 N–H and O–H groups in total. The van der Waals surface area contributed by atoms with E-state index in [0.29, 0.717) is 26.2 Å². The van der Waals surface area contributed by atoms with Crippen LogP contribution in [0, 0.1) is 10.1 Å². The first-order valence-corrected chi connectivity index (χ1v) is 9.03. The van der Waals surface area contributed by atoms with Crippen LogP contribution in [0.2, 0.25) is 0 Å². The van der Waals surface area contributed by atoms with Crippen LogP contribution in [-0.2, 0) is 14.8 Å². The smallest absolute Gasteiger partial charge is 0.325 e. The van der Waals surface area contributed by atoms with Gasteiger partial charge in [0.1, 0.15) is 11.7 Å². The molecule has 1 aromatic carbocycles. The van der Waals surface area contributed by atoms with Crippen molar-refractivity contribution in [1.29, 1.82) is 0 Å². The van der Waals surface area contributed by atoms with E-state index in [1.165, 1.54) is 23.4 Å². The third kappa shape index (κ3) is 4.24. The second kappa shape index (κ2) is 7.33. The molecule has 0 amide bonds. The summed E-state index contributed by atoms with van der Waals surface area (Å²) in [5.74, 6) is -1.18. The molecule has 1 heterocycles. The number of benzene rings is 1. The van der Waals surface area contributed by atoms with Crippen molar-refractivity contribution in [2.24, 2.45) is 0 Å². The molecule has 0 spiro atoms. The Morgan fingerprint density at radius 3 is 2.44 bits per heavy atom. The van der Waals surface area contributed by atoms with E-state index < -0.39 is 32.6 Å². The fraction of sp³-hybridized carbons (Fsp3) is 0.500. The number of aliphatic carboxylic acids is 1. The third-order valence-electron chi connectivity index (χ3n) is 4.01. The summed E-state index contributed by atoms with van der Waals surface area (Å²) in [5.41, 5.74) is -0.527. The molecular weight excluding hydrogens is 352 g/mol. The molecule has 1 fully saturated rings. The minimum absolute atomic E-state index is 0.0442. The first kappa shape index (κ1) is 19.1. The van der Waals surface area contributed by atoms with E-state index in [0.717, 1.165) is 6.07 Å². The number of nitrogens with zero attached hydrogens (tertiary/aromatic N) is 3. The quantitative estimate of drug-likeness (QED) is 0.542. The number of carbonyl (C=O) groups is 1. The summed E-state index contributed by atoms with van der Waals surface area (Å²) in [4.78, 5) is 23.3. The van der Waals surface area contributed by atoms with Gasteiger partial charge in [0.2, 0.25) is 10.0 Å². The summed E-state index contributed by atoms with van der Waals surface area (Å²) in [6.45, 7) is 3.11. The summed E-state index contributed by atoms with van der Waals surface area (Å²) in [6, 6.07) is 2.38. The topological polar surface area (TPSA) is 133 Å². The van der Waals surface area contributed by atoms with Crippen LogP contribution in [0.25, 0.3) is 0 Å². The van der Waals surface area contributed by atoms with Crippen molar-refractivity contribution in [2.75, 3.05) is 38.5 Å². The number of piperazine rings is 1. The zero-order valence-corrected chi connectivity index (χ0v) is 14.7. The van der Waals surface area contributed by atoms with Gasteiger partial charge in [-0.15, -0.1) is 0 Å². The molecule has 1 saturated heterocycles. The maximum atomic E-state index is 12.7. The van der Waals surface area contributed by atoms with Gasteiger partial charge in [0.15, 0.2) is 0 Å². The van der Waals surface area contributed by atoms with Gasteiger partial charge in [-0.3, -0.25) is 14.9 Å². The maximum Gasteiger partial charge on any atom is 0.325 e. The number of nitrogens with one attached hydrogen (secondary N) is 1. The number of nitro groups is 1. The fourth-order valence-electron chi connectivity index (χ4n) is 2.42. The van der Waals surface area contributed by atoms with Gasteiger partial charge in [0, 0.05) is 32.2 Å². The number of carboxylic acid groups (broad SMARTS) is 1. The molecule has 0 unspecified atom stereocenters. The second-order valence-electron chi connectivity index (χ2n) is 5.85. The first-order valence-electron chi connectivity index (χ1n) is 7.59. The average molecular weight is 372 g/mol. The van der Waals surface area contributed by atoms with Crippen molar-refractivity contribution in [3.05, 3.63) is 28.3 Å². The standard InChI is InChI=1S/C14H20N4O6S/c1-10(14(19)20)15-12-4-3-11(9-13(12)18(21)22)25(23,24)17-7-5-16(2)6-8-17/h3-4,9-10,15H,5-8H2,1-2H3,(H,19,20)/t10-/m0/s1. The largest absolute Gasteiger partial charge is 0.480 e. The SMILES string of the molecule is C[C@H](Nc1ccc(S(=O)(=O)N2CCN(C)CC2)cc1[N+](=O)[O-])C(=O)O. The highest BCUT2D eigenvalue weighted by Crippen LogP contribution is 2.29. The van der Waals surface area contributed by atoms with Gasteiger partial charge >= 0.3 is 5.97 Å². The van der Waals surface area contributed by atoms with E-state index >= 15 is 0 Å². The molecule has 1 atom stereocenters. The minimum atomic E-state index is -3.84. The molecule has 0 bridgehead atoms. The highest BCUT2D eigenvalue weighted by Gasteiger charge is 2.30. The highest BCUT2D eigenvalue weighted by molar-refractivity contribution is 7.89. The van der Waals surface area contributed by atoms with Gasteiger partial charge in [-0.05, 0) is 26.1 Å². The molecule has 0 aromatic heterocycles. The van der Waals surface area contributed by atoms with Crippen molar-refractivity contribution in [3.8, 4) is 0 Å². The van der Waals surface area contributed by atoms with E-state index in [2.05, 4.69) is 5.32 Å². The van der Waals surface area contributed by atoms with Crippen molar-refractivity contribution >= 4 is 27.4 Å². The van der Waals surface area contributed by atoms with E-state index in [4.69, 9.17) is 5.11 Å². The Bertz CT molecular complexity index is 774. The molecule has 1 aromatic rings. The molecule has 1 aliphatic rings. The molecule has 11 heteroatoms. The van der Waals surface area contributed by atoms with Crippen molar-refractivity contribution in [2.45, 2.75) is 17.9 Å². The summed E-state index contributed by atoms with van der Waals surface area (Å²) >= 11 is 0. The van der Waals surface area contributed by atoms with E-state index in [1.807, 2.05) is 11.9 Å². The Balaban J connectivity index is 2.35. The van der Waals surface area contributed by atoms with Gasteiger partial charge in [-0.1, -0.05) is 0 Å². The van der Waals surface area contributed by atoms with E-state index in [-0.39, 0.29) is 10.6 Å². The number of rotatable bonds is 6. The Hall–Kier alpha value is -2.24. The predicted molar refractivity (Wildman–Crippen MR) is 90.1 cm³/mol. The Morgan fingerprint density at radius 2 is 1.92 bits per heavy atom. The van der Waals surface area contributed by atoms with E-state index in [9.17, 15) is 23.3 Å². The molecule has 0 aliphatic carbocycles. The maximum absolute atomic E-state index is 12.7. The molecule has 2 rings (SSSR count). The lowest BCUT2D eigenvalue weighted by molar-refractivity contribution is -0.384. The van der Waals surface area contributed by atoms with Crippen molar-refractivity contribution in [3.63, 3.8) is 0 Å². The van der Waals surface area contributed by atoms with Gasteiger partial charge in [-0.2, -0.15) is 4.31 Å². The van der Waals surface area contributed by atoms with Crippen LogP contribution >= 0.6 is 0 Å². The van der Waals surface area contributed by atoms with Crippen LogP contribution < -0.4 is 5.32 Å². The van der Waals surface area contributed by atoms with Gasteiger partial charge in [0.05, 0.1) is 9.82 Å². The van der Waals surface area contributed by atoms with Crippen LogP contribution in [0.3, 0.4) is 0 Å². The van der Waals surface area contributed by atoms with Crippen LogP contribution in [-0.4, -0.2) is 72.9 Å². The molecule has 0 radical (unpaired) electrons. The molecular formula is C14H20N4O6S. The lowest BCUT2D eigenvalue weighted by Gasteiger charge is -2.31. The summed E-state index contributed by atoms with van der Waals surface area (Å²) < 4.78 is 26.7. The molecule has 10 nitrogen and oxygen atoms in total.